The minimum Gasteiger partial charge on any atom is -0.393 e. The number of esters is 2. The minimum absolute atomic E-state index is 0.189. The van der Waals surface area contributed by atoms with Crippen molar-refractivity contribution in [3.05, 3.63) is 35.9 Å². The van der Waals surface area contributed by atoms with Crippen molar-refractivity contribution < 1.29 is 14.3 Å². The number of benzene rings is 1. The summed E-state index contributed by atoms with van der Waals surface area (Å²) in [7, 11) is 0. The van der Waals surface area contributed by atoms with Crippen LogP contribution in [0.5, 0.6) is 0 Å². The van der Waals surface area contributed by atoms with Crippen LogP contribution < -0.4 is 0 Å². The topological polar surface area (TPSA) is 43.4 Å². The van der Waals surface area contributed by atoms with Crippen molar-refractivity contribution in [2.24, 2.45) is 11.8 Å². The number of carbonyl (C=O) groups excluding carboxylic acids is 2. The smallest absolute Gasteiger partial charge is 0.317 e. The molecule has 0 bridgehead atoms. The van der Waals surface area contributed by atoms with E-state index >= 15 is 0 Å². The molecule has 3 heteroatoms. The molecule has 1 fully saturated rings. The van der Waals surface area contributed by atoms with Gasteiger partial charge in [-0.05, 0) is 24.3 Å². The summed E-state index contributed by atoms with van der Waals surface area (Å²) >= 11 is 0. The molecular formula is C14H16O3. The maximum Gasteiger partial charge on any atom is 0.317 e. The van der Waals surface area contributed by atoms with Crippen LogP contribution in [0.25, 0.3) is 0 Å². The lowest BCUT2D eigenvalue weighted by Gasteiger charge is -2.14. The highest BCUT2D eigenvalue weighted by Crippen LogP contribution is 2.27. The van der Waals surface area contributed by atoms with Crippen LogP contribution in [0.3, 0.4) is 0 Å². The normalized spacial score (nSPS) is 21.4. The average Bonchev–Trinajstić information content (AvgIpc) is 2.67. The lowest BCUT2D eigenvalue weighted by molar-refractivity contribution is -0.153. The van der Waals surface area contributed by atoms with Gasteiger partial charge in [0.1, 0.15) is 0 Å². The molecule has 0 aromatic heterocycles. The van der Waals surface area contributed by atoms with Gasteiger partial charge in [0.05, 0.1) is 12.3 Å². The van der Waals surface area contributed by atoms with E-state index in [0.717, 1.165) is 12.8 Å². The van der Waals surface area contributed by atoms with Gasteiger partial charge in [0.25, 0.3) is 0 Å². The first-order valence-electron chi connectivity index (χ1n) is 5.95. The van der Waals surface area contributed by atoms with Gasteiger partial charge in [0.15, 0.2) is 0 Å². The molecule has 1 saturated heterocycles. The molecule has 0 N–H and O–H groups in total. The Morgan fingerprint density at radius 3 is 2.59 bits per heavy atom. The molecule has 2 rings (SSSR count). The van der Waals surface area contributed by atoms with Crippen molar-refractivity contribution in [2.75, 3.05) is 0 Å². The highest BCUT2D eigenvalue weighted by molar-refractivity contribution is 5.94. The number of aryl methyl sites for hydroxylation is 1. The van der Waals surface area contributed by atoms with Gasteiger partial charge in [0, 0.05) is 0 Å². The quantitative estimate of drug-likeness (QED) is 0.591. The predicted octanol–water partition coefficient (Wildman–Crippen LogP) is 2.34. The fraction of sp³-hybridized carbons (Fsp3) is 0.429. The first kappa shape index (κ1) is 11.8. The van der Waals surface area contributed by atoms with Crippen LogP contribution in [0, 0.1) is 11.8 Å². The Kier molecular flexibility index (Phi) is 3.57. The maximum atomic E-state index is 11.4. The molecule has 0 saturated carbocycles. The Morgan fingerprint density at radius 1 is 1.29 bits per heavy atom. The molecular weight excluding hydrogens is 216 g/mol. The molecule has 0 radical (unpaired) electrons. The third-order valence-corrected chi connectivity index (χ3v) is 3.32. The van der Waals surface area contributed by atoms with E-state index in [9.17, 15) is 9.59 Å². The number of ether oxygens (including phenoxy) is 1. The summed E-state index contributed by atoms with van der Waals surface area (Å²) in [6.45, 7) is 2.01. The van der Waals surface area contributed by atoms with Crippen LogP contribution in [-0.4, -0.2) is 11.9 Å². The number of hydrogen-bond donors (Lipinski definition) is 0. The Hall–Kier alpha value is -1.64. The van der Waals surface area contributed by atoms with E-state index in [-0.39, 0.29) is 30.2 Å². The van der Waals surface area contributed by atoms with Crippen LogP contribution in [0.2, 0.25) is 0 Å². The molecule has 1 aromatic carbocycles. The third kappa shape index (κ3) is 2.93. The van der Waals surface area contributed by atoms with Gasteiger partial charge in [-0.1, -0.05) is 37.3 Å². The van der Waals surface area contributed by atoms with Crippen LogP contribution in [0.4, 0.5) is 0 Å². The zero-order valence-electron chi connectivity index (χ0n) is 9.89. The van der Waals surface area contributed by atoms with E-state index in [0.29, 0.717) is 0 Å². The summed E-state index contributed by atoms with van der Waals surface area (Å²) < 4.78 is 4.57. The van der Waals surface area contributed by atoms with Gasteiger partial charge in [-0.2, -0.15) is 0 Å². The van der Waals surface area contributed by atoms with E-state index in [1.54, 1.807) is 0 Å². The highest BCUT2D eigenvalue weighted by atomic mass is 16.6. The first-order chi connectivity index (χ1) is 8.16. The molecule has 0 spiro atoms. The van der Waals surface area contributed by atoms with E-state index in [1.165, 1.54) is 5.56 Å². The van der Waals surface area contributed by atoms with Gasteiger partial charge in [-0.25, -0.2) is 0 Å². The average molecular weight is 232 g/mol. The lowest BCUT2D eigenvalue weighted by atomic mass is 9.88. The molecule has 1 aliphatic rings. The standard InChI is InChI=1S/C14H16O3/c1-10(12-9-13(15)17-14(12)16)7-8-11-5-3-2-4-6-11/h2-6,10,12H,7-9H2,1H3. The van der Waals surface area contributed by atoms with Crippen LogP contribution in [0.15, 0.2) is 30.3 Å². The van der Waals surface area contributed by atoms with Crippen LogP contribution in [0.1, 0.15) is 25.3 Å². The molecule has 2 atom stereocenters. The van der Waals surface area contributed by atoms with E-state index in [4.69, 9.17) is 0 Å². The van der Waals surface area contributed by atoms with E-state index < -0.39 is 0 Å². The summed E-state index contributed by atoms with van der Waals surface area (Å²) in [5.74, 6) is -0.789. The Bertz CT molecular complexity index is 411. The molecule has 1 aromatic rings. The molecule has 1 aliphatic heterocycles. The number of carbonyl (C=O) groups is 2. The Balaban J connectivity index is 1.87. The monoisotopic (exact) mass is 232 g/mol. The molecule has 90 valence electrons. The van der Waals surface area contributed by atoms with Gasteiger partial charge in [0.2, 0.25) is 0 Å². The van der Waals surface area contributed by atoms with Crippen molar-refractivity contribution in [2.45, 2.75) is 26.2 Å². The van der Waals surface area contributed by atoms with Gasteiger partial charge >= 0.3 is 11.9 Å². The summed E-state index contributed by atoms with van der Waals surface area (Å²) in [4.78, 5) is 22.4. The van der Waals surface area contributed by atoms with Crippen LogP contribution in [-0.2, 0) is 20.7 Å². The van der Waals surface area contributed by atoms with Crippen molar-refractivity contribution in [3.8, 4) is 0 Å². The second kappa shape index (κ2) is 5.13. The lowest BCUT2D eigenvalue weighted by Crippen LogP contribution is -2.17. The SMILES string of the molecule is CC(CCc1ccccc1)C1CC(=O)OC1=O. The van der Waals surface area contributed by atoms with Crippen molar-refractivity contribution in [1.82, 2.24) is 0 Å². The summed E-state index contributed by atoms with van der Waals surface area (Å²) in [5.41, 5.74) is 1.26. The van der Waals surface area contributed by atoms with E-state index in [1.807, 2.05) is 25.1 Å². The highest BCUT2D eigenvalue weighted by Gasteiger charge is 2.36. The number of cyclic esters (lactones) is 2. The van der Waals surface area contributed by atoms with E-state index in [2.05, 4.69) is 16.9 Å². The molecule has 17 heavy (non-hydrogen) atoms. The maximum absolute atomic E-state index is 11.4. The Morgan fingerprint density at radius 2 is 2.00 bits per heavy atom. The summed E-state index contributed by atoms with van der Waals surface area (Å²) in [5, 5.41) is 0. The van der Waals surface area contributed by atoms with Crippen molar-refractivity contribution >= 4 is 11.9 Å². The molecule has 0 aliphatic carbocycles. The number of hydrogen-bond acceptors (Lipinski definition) is 3. The first-order valence-corrected chi connectivity index (χ1v) is 5.95. The minimum atomic E-state index is -0.383. The predicted molar refractivity (Wildman–Crippen MR) is 63.1 cm³/mol. The second-order valence-electron chi connectivity index (χ2n) is 4.61. The van der Waals surface area contributed by atoms with Crippen molar-refractivity contribution in [1.29, 1.82) is 0 Å². The summed E-state index contributed by atoms with van der Waals surface area (Å²) in [6, 6.07) is 10.1. The van der Waals surface area contributed by atoms with Gasteiger partial charge in [-0.15, -0.1) is 0 Å². The fourth-order valence-electron chi connectivity index (χ4n) is 2.17. The largest absolute Gasteiger partial charge is 0.393 e. The van der Waals surface area contributed by atoms with Gasteiger partial charge < -0.3 is 4.74 Å². The summed E-state index contributed by atoms with van der Waals surface area (Å²) in [6.07, 6.45) is 2.08. The fourth-order valence-corrected chi connectivity index (χ4v) is 2.17. The Labute approximate surface area is 101 Å². The van der Waals surface area contributed by atoms with Crippen molar-refractivity contribution in [3.63, 3.8) is 0 Å². The molecule has 0 amide bonds. The zero-order chi connectivity index (χ0) is 12.3. The zero-order valence-corrected chi connectivity index (χ0v) is 9.89. The van der Waals surface area contributed by atoms with Crippen LogP contribution >= 0.6 is 0 Å². The molecule has 3 nitrogen and oxygen atoms in total. The molecule has 1 heterocycles. The van der Waals surface area contributed by atoms with Gasteiger partial charge in [-0.3, -0.25) is 9.59 Å². The third-order valence-electron chi connectivity index (χ3n) is 3.32. The molecule has 2 unspecified atom stereocenters. The number of rotatable bonds is 4. The second-order valence-corrected chi connectivity index (χ2v) is 4.61.